The molecule has 4 rings (SSSR count). The maximum Gasteiger partial charge on any atom is 0.274 e. The molecule has 0 fully saturated rings. The second-order valence-electron chi connectivity index (χ2n) is 10.1. The van der Waals surface area contributed by atoms with Crippen LogP contribution < -0.4 is 10.5 Å². The van der Waals surface area contributed by atoms with E-state index in [0.717, 1.165) is 6.04 Å². The predicted octanol–water partition coefficient (Wildman–Crippen LogP) is 5.63. The lowest BCUT2D eigenvalue weighted by molar-refractivity contribution is 0.0881. The number of hydrogen-bond donors (Lipinski definition) is 0. The van der Waals surface area contributed by atoms with Crippen LogP contribution in [0.4, 0.5) is 10.1 Å². The van der Waals surface area contributed by atoms with Gasteiger partial charge in [0.1, 0.15) is 12.4 Å². The number of carbonyl (C=O) groups is 1. The van der Waals surface area contributed by atoms with Crippen molar-refractivity contribution in [3.63, 3.8) is 0 Å². The van der Waals surface area contributed by atoms with Crippen molar-refractivity contribution in [2.24, 2.45) is 0 Å². The molecule has 10 heteroatoms. The van der Waals surface area contributed by atoms with Gasteiger partial charge in [-0.2, -0.15) is 0 Å². The highest BCUT2D eigenvalue weighted by atomic mass is 35.5. The Morgan fingerprint density at radius 2 is 1.81 bits per heavy atom. The van der Waals surface area contributed by atoms with Crippen molar-refractivity contribution in [2.45, 2.75) is 39.0 Å². The number of nitrogens with zero attached hydrogens (tertiary/aromatic N) is 4. The Morgan fingerprint density at radius 1 is 1.08 bits per heavy atom. The van der Waals surface area contributed by atoms with Gasteiger partial charge in [0.15, 0.2) is 11.0 Å². The van der Waals surface area contributed by atoms with E-state index >= 15 is 0 Å². The summed E-state index contributed by atoms with van der Waals surface area (Å²) in [6, 6.07) is 17.8. The standard InChI is InChI=1S/C27H30ClFN4O3Si/c1-31(19-9-6-5-7-10-19)27(35)23-11-8-12-25(34)32(23)17-20-15-22-24(16-21(29)26(28)30-22)33(20)18-36-13-14-37(2,3)4/h5-12,15-16H,13-14,17-18H2,1-4H3. The summed E-state index contributed by atoms with van der Waals surface area (Å²) in [5.74, 6) is -0.968. The molecule has 1 amide bonds. The quantitative estimate of drug-likeness (QED) is 0.157. The largest absolute Gasteiger partial charge is 0.361 e. The zero-order chi connectivity index (χ0) is 26.7. The number of fused-ring (bicyclic) bond motifs is 1. The number of carbonyl (C=O) groups excluding carboxylic acids is 1. The maximum absolute atomic E-state index is 14.3. The third-order valence-electron chi connectivity index (χ3n) is 6.14. The number of aromatic nitrogens is 3. The Labute approximate surface area is 221 Å². The fourth-order valence-corrected chi connectivity index (χ4v) is 4.88. The summed E-state index contributed by atoms with van der Waals surface area (Å²) in [4.78, 5) is 32.1. The summed E-state index contributed by atoms with van der Waals surface area (Å²) in [5, 5.41) is -0.229. The summed E-state index contributed by atoms with van der Waals surface area (Å²) in [5.41, 5.74) is 2.22. The molecule has 0 aliphatic rings. The Hall–Kier alpha value is -3.27. The first-order chi connectivity index (χ1) is 17.5. The van der Waals surface area contributed by atoms with Gasteiger partial charge in [-0.1, -0.05) is 55.5 Å². The maximum atomic E-state index is 14.3. The van der Waals surface area contributed by atoms with Crippen molar-refractivity contribution in [1.82, 2.24) is 14.1 Å². The number of hydrogen-bond acceptors (Lipinski definition) is 4. The highest BCUT2D eigenvalue weighted by molar-refractivity contribution is 6.76. The monoisotopic (exact) mass is 540 g/mol. The number of halogens is 2. The van der Waals surface area contributed by atoms with Gasteiger partial charge >= 0.3 is 0 Å². The van der Waals surface area contributed by atoms with Gasteiger partial charge in [-0.25, -0.2) is 9.37 Å². The van der Waals surface area contributed by atoms with Crippen molar-refractivity contribution < 1.29 is 13.9 Å². The van der Waals surface area contributed by atoms with Crippen molar-refractivity contribution in [1.29, 1.82) is 0 Å². The average Bonchev–Trinajstić information content (AvgIpc) is 3.18. The molecule has 7 nitrogen and oxygen atoms in total. The van der Waals surface area contributed by atoms with Crippen molar-refractivity contribution >= 4 is 42.3 Å². The minimum atomic E-state index is -1.30. The molecule has 37 heavy (non-hydrogen) atoms. The lowest BCUT2D eigenvalue weighted by atomic mass is 10.2. The number of para-hydroxylation sites is 1. The van der Waals surface area contributed by atoms with Gasteiger partial charge in [-0.15, -0.1) is 0 Å². The van der Waals surface area contributed by atoms with Crippen LogP contribution >= 0.6 is 11.6 Å². The molecule has 3 heterocycles. The van der Waals surface area contributed by atoms with Gasteiger partial charge in [0.05, 0.1) is 17.6 Å². The van der Waals surface area contributed by atoms with Gasteiger partial charge < -0.3 is 14.2 Å². The van der Waals surface area contributed by atoms with Crippen LogP contribution in [0.5, 0.6) is 0 Å². The highest BCUT2D eigenvalue weighted by Gasteiger charge is 2.21. The molecule has 0 aliphatic carbocycles. The normalized spacial score (nSPS) is 11.7. The molecule has 0 unspecified atom stereocenters. The number of anilines is 1. The number of benzene rings is 1. The van der Waals surface area contributed by atoms with Crippen LogP contribution in [0, 0.1) is 5.82 Å². The van der Waals surface area contributed by atoms with Crippen LogP contribution in [0.25, 0.3) is 11.0 Å². The SMILES string of the molecule is CN(C(=O)c1cccc(=O)n1Cc1cc2nc(Cl)c(F)cc2n1COCC[Si](C)(C)C)c1ccccc1. The molecule has 0 saturated heterocycles. The molecule has 0 bridgehead atoms. The van der Waals surface area contributed by atoms with Crippen LogP contribution in [0.1, 0.15) is 16.2 Å². The van der Waals surface area contributed by atoms with E-state index in [1.165, 1.54) is 21.6 Å². The van der Waals surface area contributed by atoms with E-state index in [9.17, 15) is 14.0 Å². The summed E-state index contributed by atoms with van der Waals surface area (Å²) in [7, 11) is 0.362. The Morgan fingerprint density at radius 3 is 2.51 bits per heavy atom. The molecule has 0 spiro atoms. The van der Waals surface area contributed by atoms with Crippen LogP contribution in [-0.2, 0) is 18.0 Å². The van der Waals surface area contributed by atoms with Gasteiger partial charge in [0, 0.05) is 45.2 Å². The van der Waals surface area contributed by atoms with Gasteiger partial charge in [-0.3, -0.25) is 14.2 Å². The van der Waals surface area contributed by atoms with E-state index in [-0.39, 0.29) is 35.6 Å². The summed E-state index contributed by atoms with van der Waals surface area (Å²) < 4.78 is 23.5. The van der Waals surface area contributed by atoms with E-state index < -0.39 is 13.9 Å². The first kappa shape index (κ1) is 26.8. The van der Waals surface area contributed by atoms with E-state index in [4.69, 9.17) is 16.3 Å². The smallest absolute Gasteiger partial charge is 0.274 e. The number of pyridine rings is 2. The predicted molar refractivity (Wildman–Crippen MR) is 148 cm³/mol. The molecule has 4 aromatic rings. The van der Waals surface area contributed by atoms with E-state index in [0.29, 0.717) is 29.0 Å². The van der Waals surface area contributed by atoms with Crippen LogP contribution in [0.15, 0.2) is 65.5 Å². The Kier molecular flexibility index (Phi) is 7.96. The molecule has 0 aliphatic heterocycles. The molecular weight excluding hydrogens is 511 g/mol. The van der Waals surface area contributed by atoms with Gasteiger partial charge in [0.25, 0.3) is 11.5 Å². The minimum absolute atomic E-state index is 0.0658. The summed E-state index contributed by atoms with van der Waals surface area (Å²) in [6.45, 7) is 7.58. The lowest BCUT2D eigenvalue weighted by Crippen LogP contribution is -2.34. The zero-order valence-electron chi connectivity index (χ0n) is 21.4. The van der Waals surface area contributed by atoms with E-state index in [1.807, 2.05) is 30.3 Å². The topological polar surface area (TPSA) is 69.4 Å². The lowest BCUT2D eigenvalue weighted by Gasteiger charge is -2.21. The van der Waals surface area contributed by atoms with Crippen molar-refractivity contribution in [3.8, 4) is 0 Å². The zero-order valence-corrected chi connectivity index (χ0v) is 23.1. The number of ether oxygens (including phenoxy) is 1. The fourth-order valence-electron chi connectivity index (χ4n) is 3.97. The Balaban J connectivity index is 1.72. The molecule has 0 radical (unpaired) electrons. The van der Waals surface area contributed by atoms with Gasteiger partial charge in [-0.05, 0) is 30.3 Å². The molecule has 0 atom stereocenters. The minimum Gasteiger partial charge on any atom is -0.361 e. The molecule has 0 saturated carbocycles. The van der Waals surface area contributed by atoms with Crippen molar-refractivity contribution in [2.75, 3.05) is 18.6 Å². The summed E-state index contributed by atoms with van der Waals surface area (Å²) >= 11 is 5.94. The van der Waals surface area contributed by atoms with Crippen LogP contribution in [0.3, 0.4) is 0 Å². The first-order valence-corrected chi connectivity index (χ1v) is 16.1. The van der Waals surface area contributed by atoms with Crippen LogP contribution in [-0.4, -0.2) is 41.8 Å². The molecule has 194 valence electrons. The molecule has 0 N–H and O–H groups in total. The number of amides is 1. The molecular formula is C27H30ClFN4O3Si. The second kappa shape index (κ2) is 11.0. The average molecular weight is 541 g/mol. The van der Waals surface area contributed by atoms with Gasteiger partial charge in [0.2, 0.25) is 0 Å². The number of rotatable bonds is 9. The summed E-state index contributed by atoms with van der Waals surface area (Å²) in [6.07, 6.45) is 0. The second-order valence-corrected chi connectivity index (χ2v) is 16.1. The third kappa shape index (κ3) is 6.18. The van der Waals surface area contributed by atoms with E-state index in [2.05, 4.69) is 24.6 Å². The highest BCUT2D eigenvalue weighted by Crippen LogP contribution is 2.25. The third-order valence-corrected chi connectivity index (χ3v) is 8.11. The van der Waals surface area contributed by atoms with Crippen molar-refractivity contribution in [3.05, 3.63) is 93.4 Å². The van der Waals surface area contributed by atoms with E-state index in [1.54, 1.807) is 29.8 Å². The first-order valence-electron chi connectivity index (χ1n) is 12.0. The molecule has 1 aromatic carbocycles. The fraction of sp³-hybridized carbons (Fsp3) is 0.296. The molecule has 3 aromatic heterocycles. The Bertz CT molecular complexity index is 1480. The van der Waals surface area contributed by atoms with Crippen LogP contribution in [0.2, 0.25) is 30.8 Å².